The first-order valence-corrected chi connectivity index (χ1v) is 7.23. The van der Waals surface area contributed by atoms with Crippen LogP contribution in [0.3, 0.4) is 0 Å². The Morgan fingerprint density at radius 2 is 1.96 bits per heavy atom. The monoisotopic (exact) mass is 312 g/mol. The van der Waals surface area contributed by atoms with Gasteiger partial charge in [-0.2, -0.15) is 10.2 Å². The van der Waals surface area contributed by atoms with E-state index >= 15 is 0 Å². The third kappa shape index (κ3) is 4.08. The van der Waals surface area contributed by atoms with Crippen molar-refractivity contribution in [3.05, 3.63) is 29.8 Å². The Bertz CT molecular complexity index is 723. The van der Waals surface area contributed by atoms with Crippen LogP contribution in [0, 0.1) is 11.3 Å². The standard InChI is InChI=1S/C16H20N6O/c1-22(2)8-5-9-23-13-7-4-3-6-11(13)14-12(10-17)15(18)21-16(19)20-14/h3-4,6-7H,5,8-9H2,1-2H3,(H4,18,19,20,21). The molecule has 0 fully saturated rings. The van der Waals surface area contributed by atoms with E-state index in [4.69, 9.17) is 16.2 Å². The van der Waals surface area contributed by atoms with Crippen molar-refractivity contribution >= 4 is 11.8 Å². The zero-order valence-electron chi connectivity index (χ0n) is 13.3. The number of nitrogens with two attached hydrogens (primary N) is 2. The minimum Gasteiger partial charge on any atom is -0.493 e. The van der Waals surface area contributed by atoms with Gasteiger partial charge in [-0.1, -0.05) is 12.1 Å². The van der Waals surface area contributed by atoms with E-state index in [0.717, 1.165) is 13.0 Å². The van der Waals surface area contributed by atoms with Crippen LogP contribution in [-0.2, 0) is 0 Å². The zero-order valence-corrected chi connectivity index (χ0v) is 13.3. The SMILES string of the molecule is CN(C)CCCOc1ccccc1-c1nc(N)nc(N)c1C#N. The molecule has 1 heterocycles. The number of hydrogen-bond donors (Lipinski definition) is 2. The molecule has 0 saturated heterocycles. The summed E-state index contributed by atoms with van der Waals surface area (Å²) in [6, 6.07) is 9.40. The van der Waals surface area contributed by atoms with Gasteiger partial charge in [0.1, 0.15) is 23.2 Å². The van der Waals surface area contributed by atoms with Gasteiger partial charge in [0.05, 0.1) is 12.3 Å². The molecule has 7 heteroatoms. The van der Waals surface area contributed by atoms with Crippen LogP contribution in [-0.4, -0.2) is 42.1 Å². The maximum absolute atomic E-state index is 9.32. The molecule has 0 aliphatic rings. The van der Waals surface area contributed by atoms with Crippen molar-refractivity contribution in [2.45, 2.75) is 6.42 Å². The Labute approximate surface area is 135 Å². The van der Waals surface area contributed by atoms with Crippen molar-refractivity contribution in [2.75, 3.05) is 38.7 Å². The Kier molecular flexibility index (Phi) is 5.33. The van der Waals surface area contributed by atoms with E-state index in [1.165, 1.54) is 0 Å². The number of anilines is 2. The molecule has 23 heavy (non-hydrogen) atoms. The number of rotatable bonds is 6. The second-order valence-corrected chi connectivity index (χ2v) is 5.30. The third-order valence-electron chi connectivity index (χ3n) is 3.22. The lowest BCUT2D eigenvalue weighted by Crippen LogP contribution is -2.15. The van der Waals surface area contributed by atoms with Crippen LogP contribution in [0.1, 0.15) is 12.0 Å². The fourth-order valence-corrected chi connectivity index (χ4v) is 2.15. The second kappa shape index (κ2) is 7.42. The quantitative estimate of drug-likeness (QED) is 0.777. The highest BCUT2D eigenvalue weighted by Gasteiger charge is 2.16. The largest absolute Gasteiger partial charge is 0.493 e. The van der Waals surface area contributed by atoms with Gasteiger partial charge in [-0.05, 0) is 32.6 Å². The van der Waals surface area contributed by atoms with Crippen molar-refractivity contribution in [1.82, 2.24) is 14.9 Å². The zero-order chi connectivity index (χ0) is 16.8. The molecule has 2 aromatic rings. The first kappa shape index (κ1) is 16.5. The maximum atomic E-state index is 9.32. The van der Waals surface area contributed by atoms with E-state index in [-0.39, 0.29) is 17.3 Å². The van der Waals surface area contributed by atoms with Crippen molar-refractivity contribution < 1.29 is 4.74 Å². The minimum atomic E-state index is 0.0268. The van der Waals surface area contributed by atoms with E-state index < -0.39 is 0 Å². The van der Waals surface area contributed by atoms with E-state index in [9.17, 15) is 5.26 Å². The molecular weight excluding hydrogens is 292 g/mol. The van der Waals surface area contributed by atoms with Crippen molar-refractivity contribution in [3.63, 3.8) is 0 Å². The Balaban J connectivity index is 2.32. The second-order valence-electron chi connectivity index (χ2n) is 5.30. The first-order valence-electron chi connectivity index (χ1n) is 7.23. The van der Waals surface area contributed by atoms with Crippen LogP contribution in [0.2, 0.25) is 0 Å². The van der Waals surface area contributed by atoms with Gasteiger partial charge in [-0.25, -0.2) is 4.98 Å². The van der Waals surface area contributed by atoms with Gasteiger partial charge in [0.15, 0.2) is 0 Å². The van der Waals surface area contributed by atoms with Crippen molar-refractivity contribution in [2.24, 2.45) is 0 Å². The van der Waals surface area contributed by atoms with Crippen LogP contribution in [0.15, 0.2) is 24.3 Å². The smallest absolute Gasteiger partial charge is 0.222 e. The molecule has 4 N–H and O–H groups in total. The molecule has 120 valence electrons. The number of hydrogen-bond acceptors (Lipinski definition) is 7. The number of nitrogens with zero attached hydrogens (tertiary/aromatic N) is 4. The summed E-state index contributed by atoms with van der Waals surface area (Å²) in [6.45, 7) is 1.49. The van der Waals surface area contributed by atoms with E-state index in [1.807, 2.05) is 44.4 Å². The van der Waals surface area contributed by atoms with Gasteiger partial charge in [-0.3, -0.25) is 0 Å². The molecule has 7 nitrogen and oxygen atoms in total. The number of aromatic nitrogens is 2. The van der Waals surface area contributed by atoms with Gasteiger partial charge in [0.2, 0.25) is 5.95 Å². The Morgan fingerprint density at radius 1 is 1.22 bits per heavy atom. The molecular formula is C16H20N6O. The van der Waals surface area contributed by atoms with E-state index in [2.05, 4.69) is 14.9 Å². The number of benzene rings is 1. The Hall–Kier alpha value is -2.85. The summed E-state index contributed by atoms with van der Waals surface area (Å²) in [5.41, 5.74) is 12.7. The van der Waals surface area contributed by atoms with Gasteiger partial charge in [0, 0.05) is 12.1 Å². The predicted octanol–water partition coefficient (Wildman–Crippen LogP) is 1.51. The summed E-state index contributed by atoms with van der Waals surface area (Å²) >= 11 is 0. The topological polar surface area (TPSA) is 114 Å². The minimum absolute atomic E-state index is 0.0268. The molecule has 0 radical (unpaired) electrons. The molecule has 1 aromatic heterocycles. The van der Waals surface area contributed by atoms with Gasteiger partial charge >= 0.3 is 0 Å². The molecule has 1 aromatic carbocycles. The normalized spacial score (nSPS) is 10.5. The van der Waals surface area contributed by atoms with Crippen LogP contribution < -0.4 is 16.2 Å². The number of para-hydroxylation sites is 1. The predicted molar refractivity (Wildman–Crippen MR) is 89.7 cm³/mol. The van der Waals surface area contributed by atoms with Gasteiger partial charge in [0.25, 0.3) is 0 Å². The van der Waals surface area contributed by atoms with E-state index in [0.29, 0.717) is 23.6 Å². The average Bonchev–Trinajstić information content (AvgIpc) is 2.51. The highest BCUT2D eigenvalue weighted by Crippen LogP contribution is 2.32. The molecule has 0 aliphatic carbocycles. The molecule has 2 rings (SSSR count). The Morgan fingerprint density at radius 3 is 2.65 bits per heavy atom. The number of ether oxygens (including phenoxy) is 1. The maximum Gasteiger partial charge on any atom is 0.222 e. The molecule has 0 bridgehead atoms. The van der Waals surface area contributed by atoms with Crippen LogP contribution >= 0.6 is 0 Å². The van der Waals surface area contributed by atoms with Crippen molar-refractivity contribution in [3.8, 4) is 23.1 Å². The molecule has 0 aliphatic heterocycles. The highest BCUT2D eigenvalue weighted by molar-refractivity contribution is 5.77. The first-order chi connectivity index (χ1) is 11.0. The third-order valence-corrected chi connectivity index (χ3v) is 3.22. The summed E-state index contributed by atoms with van der Waals surface area (Å²) in [5, 5.41) is 9.32. The summed E-state index contributed by atoms with van der Waals surface area (Å²) < 4.78 is 5.84. The van der Waals surface area contributed by atoms with Crippen molar-refractivity contribution in [1.29, 1.82) is 5.26 Å². The molecule has 0 spiro atoms. The summed E-state index contributed by atoms with van der Waals surface area (Å²) in [6.07, 6.45) is 0.889. The average molecular weight is 312 g/mol. The number of nitrogen functional groups attached to an aromatic ring is 2. The van der Waals surface area contributed by atoms with Gasteiger partial charge < -0.3 is 21.1 Å². The van der Waals surface area contributed by atoms with Crippen LogP contribution in [0.25, 0.3) is 11.3 Å². The summed E-state index contributed by atoms with van der Waals surface area (Å²) in [4.78, 5) is 10.1. The fourth-order valence-electron chi connectivity index (χ4n) is 2.15. The lowest BCUT2D eigenvalue weighted by molar-refractivity contribution is 0.282. The highest BCUT2D eigenvalue weighted by atomic mass is 16.5. The lowest BCUT2D eigenvalue weighted by Gasteiger charge is -2.14. The van der Waals surface area contributed by atoms with Crippen LogP contribution in [0.4, 0.5) is 11.8 Å². The summed E-state index contributed by atoms with van der Waals surface area (Å²) in [7, 11) is 4.03. The van der Waals surface area contributed by atoms with Crippen LogP contribution in [0.5, 0.6) is 5.75 Å². The molecule has 0 atom stereocenters. The molecule has 0 unspecified atom stereocenters. The fraction of sp³-hybridized carbons (Fsp3) is 0.312. The molecule has 0 saturated carbocycles. The molecule has 0 amide bonds. The number of nitriles is 1. The lowest BCUT2D eigenvalue weighted by atomic mass is 10.1. The van der Waals surface area contributed by atoms with E-state index in [1.54, 1.807) is 0 Å². The van der Waals surface area contributed by atoms with Gasteiger partial charge in [-0.15, -0.1) is 0 Å². The summed E-state index contributed by atoms with van der Waals surface area (Å²) in [5.74, 6) is 0.733.